The number of aromatic amines is 1. The van der Waals surface area contributed by atoms with Crippen LogP contribution < -0.4 is 5.32 Å². The number of amides is 1. The van der Waals surface area contributed by atoms with Crippen LogP contribution in [0.4, 0.5) is 0 Å². The van der Waals surface area contributed by atoms with Gasteiger partial charge in [0.15, 0.2) is 0 Å². The number of morpholine rings is 1. The molecule has 1 saturated heterocycles. The summed E-state index contributed by atoms with van der Waals surface area (Å²) in [5.41, 5.74) is 1.44. The van der Waals surface area contributed by atoms with Crippen molar-refractivity contribution in [2.24, 2.45) is 0 Å². The molecule has 22 heavy (non-hydrogen) atoms. The average molecular weight is 343 g/mol. The van der Waals surface area contributed by atoms with Gasteiger partial charge in [-0.1, -0.05) is 0 Å². The molecule has 7 nitrogen and oxygen atoms in total. The number of carbonyl (C=O) groups excluding carboxylic acids is 1. The summed E-state index contributed by atoms with van der Waals surface area (Å²) in [6.07, 6.45) is 0.850. The Hall–Kier alpha value is -1.42. The Morgan fingerprint density at radius 3 is 3.14 bits per heavy atom. The largest absolute Gasteiger partial charge is 0.374 e. The number of sulfonamides is 1. The van der Waals surface area contributed by atoms with Crippen molar-refractivity contribution in [1.29, 1.82) is 0 Å². The molecule has 0 aliphatic carbocycles. The fourth-order valence-corrected chi connectivity index (χ4v) is 4.02. The van der Waals surface area contributed by atoms with Crippen molar-refractivity contribution < 1.29 is 17.9 Å². The third-order valence-electron chi connectivity index (χ3n) is 3.55. The number of hydrogen-bond acceptors (Lipinski definition) is 5. The molecule has 1 amide bonds. The number of thiophene rings is 1. The van der Waals surface area contributed by atoms with E-state index in [1.807, 2.05) is 11.4 Å². The second-order valence-electron chi connectivity index (χ2n) is 5.21. The summed E-state index contributed by atoms with van der Waals surface area (Å²) in [4.78, 5) is 15.2. The van der Waals surface area contributed by atoms with Gasteiger partial charge in [0, 0.05) is 19.6 Å². The lowest BCUT2D eigenvalue weighted by Crippen LogP contribution is -2.49. The molecule has 1 aliphatic rings. The smallest absolute Gasteiger partial charge is 0.267 e. The summed E-state index contributed by atoms with van der Waals surface area (Å²) >= 11 is 1.57. The number of hydrogen-bond donors (Lipinski definition) is 2. The van der Waals surface area contributed by atoms with Crippen LogP contribution in [0.5, 0.6) is 0 Å². The van der Waals surface area contributed by atoms with Crippen molar-refractivity contribution in [3.05, 3.63) is 23.2 Å². The molecule has 0 aromatic carbocycles. The van der Waals surface area contributed by atoms with Crippen molar-refractivity contribution in [2.75, 3.05) is 32.5 Å². The third-order valence-corrected chi connectivity index (χ3v) is 5.68. The third kappa shape index (κ3) is 3.32. The maximum absolute atomic E-state index is 12.1. The quantitative estimate of drug-likeness (QED) is 0.851. The zero-order valence-electron chi connectivity index (χ0n) is 12.0. The Kier molecular flexibility index (Phi) is 4.22. The number of carbonyl (C=O) groups is 1. The molecular weight excluding hydrogens is 326 g/mol. The Balaban J connectivity index is 1.57. The van der Waals surface area contributed by atoms with Gasteiger partial charge in [-0.05, 0) is 17.5 Å². The van der Waals surface area contributed by atoms with Gasteiger partial charge in [-0.2, -0.15) is 4.31 Å². The van der Waals surface area contributed by atoms with Gasteiger partial charge in [0.1, 0.15) is 5.69 Å². The number of fused-ring (bicyclic) bond motifs is 1. The van der Waals surface area contributed by atoms with Crippen molar-refractivity contribution in [1.82, 2.24) is 14.6 Å². The molecule has 9 heteroatoms. The van der Waals surface area contributed by atoms with Crippen molar-refractivity contribution >= 4 is 37.5 Å². The lowest BCUT2D eigenvalue weighted by molar-refractivity contribution is 0.000417. The maximum atomic E-state index is 12.1. The first-order valence-electron chi connectivity index (χ1n) is 6.84. The molecule has 3 rings (SSSR count). The zero-order chi connectivity index (χ0) is 15.7. The first-order chi connectivity index (χ1) is 10.4. The predicted octanol–water partition coefficient (Wildman–Crippen LogP) is 0.620. The minimum absolute atomic E-state index is 0.219. The van der Waals surface area contributed by atoms with Crippen LogP contribution >= 0.6 is 11.3 Å². The van der Waals surface area contributed by atoms with Gasteiger partial charge in [0.05, 0.1) is 29.2 Å². The van der Waals surface area contributed by atoms with Crippen LogP contribution in [0, 0.1) is 0 Å². The highest BCUT2D eigenvalue weighted by atomic mass is 32.2. The average Bonchev–Trinajstić information content (AvgIpc) is 3.05. The van der Waals surface area contributed by atoms with E-state index < -0.39 is 10.0 Å². The number of H-pyrrole nitrogens is 1. The maximum Gasteiger partial charge on any atom is 0.267 e. The lowest BCUT2D eigenvalue weighted by Gasteiger charge is -2.31. The van der Waals surface area contributed by atoms with E-state index in [1.165, 1.54) is 10.6 Å². The number of aromatic nitrogens is 1. The summed E-state index contributed by atoms with van der Waals surface area (Å²) in [5, 5.41) is 4.74. The van der Waals surface area contributed by atoms with Crippen molar-refractivity contribution in [2.45, 2.75) is 6.10 Å². The number of rotatable bonds is 4. The van der Waals surface area contributed by atoms with Gasteiger partial charge < -0.3 is 15.0 Å². The molecule has 120 valence electrons. The molecular formula is C13H17N3O4S2. The van der Waals surface area contributed by atoms with Gasteiger partial charge in [0.25, 0.3) is 5.91 Å². The number of nitrogens with one attached hydrogen (secondary N) is 2. The van der Waals surface area contributed by atoms with Crippen LogP contribution in [0.25, 0.3) is 10.2 Å². The van der Waals surface area contributed by atoms with Crippen molar-refractivity contribution in [3.63, 3.8) is 0 Å². The van der Waals surface area contributed by atoms with Crippen LogP contribution in [0.15, 0.2) is 17.5 Å². The summed E-state index contributed by atoms with van der Waals surface area (Å²) in [6, 6.07) is 3.73. The fourth-order valence-electron chi connectivity index (χ4n) is 2.39. The van der Waals surface area contributed by atoms with Gasteiger partial charge in [0.2, 0.25) is 10.0 Å². The first-order valence-corrected chi connectivity index (χ1v) is 9.57. The van der Waals surface area contributed by atoms with E-state index >= 15 is 0 Å². The van der Waals surface area contributed by atoms with Gasteiger partial charge in [-0.15, -0.1) is 11.3 Å². The molecule has 0 unspecified atom stereocenters. The topological polar surface area (TPSA) is 91.5 Å². The van der Waals surface area contributed by atoms with E-state index in [2.05, 4.69) is 10.3 Å². The summed E-state index contributed by atoms with van der Waals surface area (Å²) in [7, 11) is -3.22. The van der Waals surface area contributed by atoms with Crippen LogP contribution in [0.1, 0.15) is 10.5 Å². The second kappa shape index (κ2) is 5.99. The summed E-state index contributed by atoms with van der Waals surface area (Å²) in [5.74, 6) is -0.219. The highest BCUT2D eigenvalue weighted by Crippen LogP contribution is 2.21. The van der Waals surface area contributed by atoms with E-state index in [0.29, 0.717) is 18.8 Å². The van der Waals surface area contributed by atoms with E-state index in [9.17, 15) is 13.2 Å². The minimum Gasteiger partial charge on any atom is -0.374 e. The molecule has 3 heterocycles. The minimum atomic E-state index is -3.22. The predicted molar refractivity (Wildman–Crippen MR) is 84.7 cm³/mol. The van der Waals surface area contributed by atoms with Crippen LogP contribution in [0.3, 0.4) is 0 Å². The molecule has 1 aliphatic heterocycles. The molecule has 1 atom stereocenters. The lowest BCUT2D eigenvalue weighted by atomic mass is 10.3. The molecule has 1 fully saturated rings. The van der Waals surface area contributed by atoms with Gasteiger partial charge >= 0.3 is 0 Å². The van der Waals surface area contributed by atoms with Gasteiger partial charge in [-0.25, -0.2) is 8.42 Å². The van der Waals surface area contributed by atoms with Crippen LogP contribution in [-0.4, -0.2) is 62.2 Å². The highest BCUT2D eigenvalue weighted by molar-refractivity contribution is 7.88. The highest BCUT2D eigenvalue weighted by Gasteiger charge is 2.26. The van der Waals surface area contributed by atoms with Crippen molar-refractivity contribution in [3.8, 4) is 0 Å². The molecule has 0 bridgehead atoms. The number of ether oxygens (including phenoxy) is 1. The molecule has 0 spiro atoms. The van der Waals surface area contributed by atoms with E-state index in [-0.39, 0.29) is 25.1 Å². The summed E-state index contributed by atoms with van der Waals surface area (Å²) < 4.78 is 31.0. The Morgan fingerprint density at radius 1 is 1.59 bits per heavy atom. The molecule has 0 radical (unpaired) electrons. The van der Waals surface area contributed by atoms with Crippen LogP contribution in [0.2, 0.25) is 0 Å². The second-order valence-corrected chi connectivity index (χ2v) is 8.14. The monoisotopic (exact) mass is 343 g/mol. The Labute approximate surface area is 132 Å². The molecule has 2 aromatic rings. The SMILES string of the molecule is CS(=O)(=O)N1CCO[C@H](CNC(=O)c2cc3sccc3[nH]2)C1. The normalized spacial score (nSPS) is 20.3. The molecule has 2 N–H and O–H groups in total. The fraction of sp³-hybridized carbons (Fsp3) is 0.462. The first kappa shape index (κ1) is 15.5. The standard InChI is InChI=1S/C13H17N3O4S2/c1-22(18,19)16-3-4-20-9(8-16)7-14-13(17)11-6-12-10(15-11)2-5-21-12/h2,5-6,9,15H,3-4,7-8H2,1H3,(H,14,17)/t9-/m1/s1. The Bertz CT molecular complexity index is 752. The van der Waals surface area contributed by atoms with Gasteiger partial charge in [-0.3, -0.25) is 4.79 Å². The Morgan fingerprint density at radius 2 is 2.41 bits per heavy atom. The summed E-state index contributed by atoms with van der Waals surface area (Å²) in [6.45, 7) is 1.23. The number of nitrogens with zero attached hydrogens (tertiary/aromatic N) is 1. The van der Waals surface area contributed by atoms with E-state index in [0.717, 1.165) is 10.2 Å². The zero-order valence-corrected chi connectivity index (χ0v) is 13.7. The molecule has 0 saturated carbocycles. The van der Waals surface area contributed by atoms with Crippen LogP contribution in [-0.2, 0) is 14.8 Å². The molecule has 2 aromatic heterocycles. The van der Waals surface area contributed by atoms with E-state index in [1.54, 1.807) is 17.4 Å². The van der Waals surface area contributed by atoms with E-state index in [4.69, 9.17) is 4.74 Å².